The summed E-state index contributed by atoms with van der Waals surface area (Å²) in [5.74, 6) is -0.177. The number of rotatable bonds is 4. The third kappa shape index (κ3) is 3.33. The van der Waals surface area contributed by atoms with E-state index < -0.39 is 9.84 Å². The molecule has 21 heavy (non-hydrogen) atoms. The molecule has 0 spiro atoms. The molecule has 116 valence electrons. The van der Waals surface area contributed by atoms with Crippen LogP contribution in [0.2, 0.25) is 0 Å². The monoisotopic (exact) mass is 329 g/mol. The zero-order chi connectivity index (χ0) is 15.8. The fourth-order valence-electron chi connectivity index (χ4n) is 1.81. The Labute approximate surface area is 128 Å². The molecule has 0 fully saturated rings. The van der Waals surface area contributed by atoms with E-state index in [2.05, 4.69) is 9.97 Å². The normalized spacial score (nSPS) is 12.8. The Morgan fingerprint density at radius 3 is 2.52 bits per heavy atom. The lowest BCUT2D eigenvalue weighted by Crippen LogP contribution is -2.14. The van der Waals surface area contributed by atoms with Crippen molar-refractivity contribution in [2.24, 2.45) is 7.05 Å². The lowest BCUT2D eigenvalue weighted by molar-refractivity contribution is 0.271. The summed E-state index contributed by atoms with van der Waals surface area (Å²) in [7, 11) is -2.00. The van der Waals surface area contributed by atoms with Crippen molar-refractivity contribution in [3.05, 3.63) is 28.0 Å². The van der Waals surface area contributed by atoms with Crippen LogP contribution in [-0.4, -0.2) is 28.1 Å². The summed E-state index contributed by atoms with van der Waals surface area (Å²) in [4.78, 5) is 8.30. The highest BCUT2D eigenvalue weighted by atomic mass is 32.2. The molecule has 2 heterocycles. The zero-order valence-electron chi connectivity index (χ0n) is 12.5. The maximum Gasteiger partial charge on any atom is 0.228 e. The molecule has 6 nitrogen and oxygen atoms in total. The van der Waals surface area contributed by atoms with Gasteiger partial charge in [0.05, 0.1) is 24.2 Å². The molecule has 0 aromatic carbocycles. The average Bonchev–Trinajstić information content (AvgIpc) is 2.94. The topological polar surface area (TPSA) is 85.1 Å². The van der Waals surface area contributed by atoms with E-state index in [1.165, 1.54) is 22.1 Å². The first-order chi connectivity index (χ1) is 9.65. The van der Waals surface area contributed by atoms with Crippen molar-refractivity contribution in [3.8, 4) is 0 Å². The highest BCUT2D eigenvalue weighted by molar-refractivity contribution is 7.90. The van der Waals surface area contributed by atoms with E-state index in [1.807, 2.05) is 26.2 Å². The van der Waals surface area contributed by atoms with E-state index >= 15 is 0 Å². The minimum atomic E-state index is -3.58. The molecule has 0 atom stereocenters. The number of nitrogens with zero attached hydrogens (tertiary/aromatic N) is 3. The van der Waals surface area contributed by atoms with Gasteiger partial charge in [-0.05, 0) is 0 Å². The van der Waals surface area contributed by atoms with Crippen LogP contribution in [0.3, 0.4) is 0 Å². The second-order valence-electron chi connectivity index (χ2n) is 5.88. The molecule has 0 amide bonds. The zero-order valence-corrected chi connectivity index (χ0v) is 14.1. The van der Waals surface area contributed by atoms with Gasteiger partial charge in [-0.25, -0.2) is 18.4 Å². The fraction of sp³-hybridized carbons (Fsp3) is 0.538. The Bertz CT molecular complexity index is 739. The summed E-state index contributed by atoms with van der Waals surface area (Å²) >= 11 is 1.34. The van der Waals surface area contributed by atoms with Gasteiger partial charge in [0.2, 0.25) is 15.0 Å². The van der Waals surface area contributed by atoms with E-state index in [9.17, 15) is 8.42 Å². The van der Waals surface area contributed by atoms with Gasteiger partial charge in [0.15, 0.2) is 0 Å². The fourth-order valence-corrected chi connectivity index (χ4v) is 4.62. The quantitative estimate of drug-likeness (QED) is 0.921. The van der Waals surface area contributed by atoms with Gasteiger partial charge in [-0.2, -0.15) is 0 Å². The predicted octanol–water partition coefficient (Wildman–Crippen LogP) is 1.64. The van der Waals surface area contributed by atoms with Crippen LogP contribution in [0.4, 0.5) is 0 Å². The first kappa shape index (κ1) is 16.1. The Balaban J connectivity index is 2.29. The van der Waals surface area contributed by atoms with Crippen LogP contribution in [0.25, 0.3) is 0 Å². The summed E-state index contributed by atoms with van der Waals surface area (Å²) < 4.78 is 26.2. The summed E-state index contributed by atoms with van der Waals surface area (Å²) in [5, 5.41) is 11.5. The summed E-state index contributed by atoms with van der Waals surface area (Å²) in [6.45, 7) is 5.86. The lowest BCUT2D eigenvalue weighted by atomic mass is 9.93. The Kier molecular flexibility index (Phi) is 4.23. The van der Waals surface area contributed by atoms with E-state index in [-0.39, 0.29) is 22.9 Å². The van der Waals surface area contributed by atoms with E-state index in [0.717, 1.165) is 5.69 Å². The minimum absolute atomic E-state index is 0.0425. The van der Waals surface area contributed by atoms with Crippen LogP contribution in [0.5, 0.6) is 0 Å². The first-order valence-corrected chi connectivity index (χ1v) is 8.97. The van der Waals surface area contributed by atoms with E-state index in [1.54, 1.807) is 7.05 Å². The Hall–Kier alpha value is -1.25. The predicted molar refractivity (Wildman–Crippen MR) is 80.8 cm³/mol. The molecule has 0 saturated heterocycles. The van der Waals surface area contributed by atoms with Gasteiger partial charge < -0.3 is 9.67 Å². The van der Waals surface area contributed by atoms with E-state index in [0.29, 0.717) is 10.7 Å². The highest BCUT2D eigenvalue weighted by Crippen LogP contribution is 2.26. The smallest absolute Gasteiger partial charge is 0.228 e. The molecule has 0 saturated carbocycles. The maximum atomic E-state index is 12.4. The maximum absolute atomic E-state index is 12.4. The molecule has 0 aliphatic carbocycles. The number of hydrogen-bond donors (Lipinski definition) is 1. The second kappa shape index (κ2) is 5.51. The molecule has 8 heteroatoms. The molecule has 0 aliphatic rings. The van der Waals surface area contributed by atoms with Crippen molar-refractivity contribution in [2.75, 3.05) is 0 Å². The van der Waals surface area contributed by atoms with Crippen molar-refractivity contribution in [1.82, 2.24) is 14.5 Å². The molecule has 1 N–H and O–H groups in total. The van der Waals surface area contributed by atoms with Crippen molar-refractivity contribution in [2.45, 2.75) is 43.7 Å². The van der Waals surface area contributed by atoms with Crippen LogP contribution >= 0.6 is 11.3 Å². The van der Waals surface area contributed by atoms with Gasteiger partial charge >= 0.3 is 0 Å². The molecule has 0 aliphatic heterocycles. The summed E-state index contributed by atoms with van der Waals surface area (Å²) in [6, 6.07) is 0. The van der Waals surface area contributed by atoms with Crippen LogP contribution in [0.1, 0.15) is 37.2 Å². The molecule has 0 unspecified atom stereocenters. The van der Waals surface area contributed by atoms with Crippen LogP contribution < -0.4 is 0 Å². The number of imidazole rings is 1. The molecule has 0 bridgehead atoms. The molecular formula is C13H19N3O3S2. The van der Waals surface area contributed by atoms with Gasteiger partial charge in [0, 0.05) is 17.8 Å². The SMILES string of the molecule is Cn1c(CO)cnc1S(=O)(=O)Cc1nc(C(C)(C)C)cs1. The van der Waals surface area contributed by atoms with Crippen molar-refractivity contribution < 1.29 is 13.5 Å². The highest BCUT2D eigenvalue weighted by Gasteiger charge is 2.25. The number of hydrogen-bond acceptors (Lipinski definition) is 6. The lowest BCUT2D eigenvalue weighted by Gasteiger charge is -2.14. The molecule has 2 rings (SSSR count). The molecular weight excluding hydrogens is 310 g/mol. The Morgan fingerprint density at radius 2 is 2.05 bits per heavy atom. The molecule has 2 aromatic rings. The largest absolute Gasteiger partial charge is 0.390 e. The molecule has 2 aromatic heterocycles. The van der Waals surface area contributed by atoms with Gasteiger partial charge in [-0.15, -0.1) is 11.3 Å². The van der Waals surface area contributed by atoms with Crippen LogP contribution in [0.15, 0.2) is 16.7 Å². The van der Waals surface area contributed by atoms with Gasteiger partial charge in [-0.3, -0.25) is 0 Å². The minimum Gasteiger partial charge on any atom is -0.390 e. The number of sulfone groups is 1. The van der Waals surface area contributed by atoms with Crippen LogP contribution in [0, 0.1) is 0 Å². The standard InChI is InChI=1S/C13H19N3O3S2/c1-13(2,3)10-7-20-11(15-10)8-21(18,19)12-14-5-9(6-17)16(12)4/h5,7,17H,6,8H2,1-4H3. The summed E-state index contributed by atoms with van der Waals surface area (Å²) in [6.07, 6.45) is 1.37. The summed E-state index contributed by atoms with van der Waals surface area (Å²) in [5.41, 5.74) is 1.24. The Morgan fingerprint density at radius 1 is 1.38 bits per heavy atom. The van der Waals surface area contributed by atoms with Gasteiger partial charge in [-0.1, -0.05) is 20.8 Å². The van der Waals surface area contributed by atoms with Crippen molar-refractivity contribution in [3.63, 3.8) is 0 Å². The van der Waals surface area contributed by atoms with Gasteiger partial charge in [0.25, 0.3) is 0 Å². The number of aromatic nitrogens is 3. The molecule has 0 radical (unpaired) electrons. The van der Waals surface area contributed by atoms with Crippen LogP contribution in [-0.2, 0) is 34.7 Å². The van der Waals surface area contributed by atoms with Crippen molar-refractivity contribution >= 4 is 21.2 Å². The van der Waals surface area contributed by atoms with Gasteiger partial charge in [0.1, 0.15) is 10.8 Å². The third-order valence-electron chi connectivity index (χ3n) is 3.12. The number of aliphatic hydroxyl groups is 1. The number of aliphatic hydroxyl groups excluding tert-OH is 1. The second-order valence-corrected chi connectivity index (χ2v) is 8.71. The number of thiazole rings is 1. The average molecular weight is 329 g/mol. The van der Waals surface area contributed by atoms with Crippen molar-refractivity contribution in [1.29, 1.82) is 0 Å². The third-order valence-corrected chi connectivity index (χ3v) is 5.74. The first-order valence-electron chi connectivity index (χ1n) is 6.44. The van der Waals surface area contributed by atoms with E-state index in [4.69, 9.17) is 5.11 Å².